The maximum atomic E-state index is 12.0. The Morgan fingerprint density at radius 3 is 2.18 bits per heavy atom. The Labute approximate surface area is 66.5 Å². The van der Waals surface area contributed by atoms with E-state index in [1.54, 1.807) is 0 Å². The summed E-state index contributed by atoms with van der Waals surface area (Å²) in [5.74, 6) is 0. The number of allylic oxidation sites excluding steroid dienone is 2. The highest BCUT2D eigenvalue weighted by Crippen LogP contribution is 2.36. The Hall–Kier alpha value is -0.360. The van der Waals surface area contributed by atoms with Crippen molar-refractivity contribution in [1.29, 1.82) is 0 Å². The first kappa shape index (κ1) is 8.73. The lowest BCUT2D eigenvalue weighted by molar-refractivity contribution is -0.0995. The molecule has 6 heteroatoms. The van der Waals surface area contributed by atoms with Gasteiger partial charge in [-0.15, -0.1) is 0 Å². The molecule has 0 saturated heterocycles. The molecule has 0 aliphatic carbocycles. The first-order valence-electron chi connectivity index (χ1n) is 2.87. The topological polar surface area (TPSA) is 15.3 Å². The third-order valence-corrected chi connectivity index (χ3v) is 2.02. The van der Waals surface area contributed by atoms with Gasteiger partial charge in [-0.25, -0.2) is 0 Å². The highest BCUT2D eigenvalue weighted by atomic mass is 32.2. The molecule has 1 aliphatic heterocycles. The van der Waals surface area contributed by atoms with Gasteiger partial charge in [0.05, 0.1) is 0 Å². The summed E-state index contributed by atoms with van der Waals surface area (Å²) < 4.78 is 37.4. The average Bonchev–Trinajstić information content (AvgIpc) is 2.08. The molecule has 0 radical (unpaired) electrons. The van der Waals surface area contributed by atoms with Crippen molar-refractivity contribution in [3.63, 3.8) is 0 Å². The van der Waals surface area contributed by atoms with E-state index in [1.165, 1.54) is 18.4 Å². The normalized spacial score (nSPS) is 20.8. The predicted octanol–water partition coefficient (Wildman–Crippen LogP) is 1.88. The number of halogens is 3. The number of rotatable bonds is 0. The van der Waals surface area contributed by atoms with Gasteiger partial charge in [0.25, 0.3) is 0 Å². The number of nitrogens with zero attached hydrogens (tertiary/aromatic N) is 1. The molecule has 0 amide bonds. The fraction of sp³-hybridized carbons (Fsp3) is 0.600. The van der Waals surface area contributed by atoms with Gasteiger partial charge in [0.1, 0.15) is 5.70 Å². The van der Waals surface area contributed by atoms with Crippen LogP contribution in [0.25, 0.3) is 0 Å². The third-order valence-electron chi connectivity index (χ3n) is 1.18. The van der Waals surface area contributed by atoms with Gasteiger partial charge >= 0.3 is 6.18 Å². The molecule has 11 heavy (non-hydrogen) atoms. The lowest BCUT2D eigenvalue weighted by Crippen LogP contribution is -2.30. The van der Waals surface area contributed by atoms with Crippen molar-refractivity contribution >= 4 is 11.9 Å². The molecule has 64 valence electrons. The molecule has 0 saturated carbocycles. The van der Waals surface area contributed by atoms with Crippen LogP contribution in [0.5, 0.6) is 0 Å². The molecule has 1 aliphatic rings. The molecule has 0 bridgehead atoms. The smallest absolute Gasteiger partial charge is 0.304 e. The quantitative estimate of drug-likeness (QED) is 0.578. The van der Waals surface area contributed by atoms with Gasteiger partial charge in [0, 0.05) is 12.0 Å². The van der Waals surface area contributed by atoms with Crippen molar-refractivity contribution in [2.45, 2.75) is 13.1 Å². The molecule has 0 spiro atoms. The summed E-state index contributed by atoms with van der Waals surface area (Å²) in [4.78, 5) is 0.250. The van der Waals surface area contributed by atoms with E-state index in [4.69, 9.17) is 0 Å². The highest BCUT2D eigenvalue weighted by molar-refractivity contribution is 8.01. The van der Waals surface area contributed by atoms with Crippen LogP contribution in [0.3, 0.4) is 0 Å². The molecular weight excluding hydrogens is 177 g/mol. The number of hydrogen-bond donors (Lipinski definition) is 1. The van der Waals surface area contributed by atoms with Gasteiger partial charge in [0.2, 0.25) is 0 Å². The van der Waals surface area contributed by atoms with Crippen molar-refractivity contribution in [2.75, 3.05) is 7.05 Å². The van der Waals surface area contributed by atoms with Crippen LogP contribution in [0.1, 0.15) is 6.92 Å². The molecule has 0 aromatic heterocycles. The molecule has 0 fully saturated rings. The summed E-state index contributed by atoms with van der Waals surface area (Å²) in [5.41, 5.74) is 1.53. The van der Waals surface area contributed by atoms with E-state index in [0.717, 1.165) is 11.9 Å². The fourth-order valence-electron chi connectivity index (χ4n) is 0.773. The maximum Gasteiger partial charge on any atom is 0.433 e. The molecule has 0 aromatic rings. The standard InChI is InChI=1S/C5H7F3N2S/c1-3-4(5(6,7)8)9-10(2)11-3/h9H,1-2H3. The summed E-state index contributed by atoms with van der Waals surface area (Å²) >= 11 is 1.04. The zero-order valence-corrected chi connectivity index (χ0v) is 6.81. The van der Waals surface area contributed by atoms with Crippen LogP contribution in [0.4, 0.5) is 13.2 Å². The van der Waals surface area contributed by atoms with Crippen molar-refractivity contribution in [3.05, 3.63) is 10.6 Å². The van der Waals surface area contributed by atoms with Crippen LogP contribution in [0.2, 0.25) is 0 Å². The first-order chi connectivity index (χ1) is 4.91. The van der Waals surface area contributed by atoms with Crippen molar-refractivity contribution in [2.24, 2.45) is 0 Å². The second kappa shape index (κ2) is 2.60. The third kappa shape index (κ3) is 1.81. The van der Waals surface area contributed by atoms with E-state index in [1.807, 2.05) is 0 Å². The summed E-state index contributed by atoms with van der Waals surface area (Å²) in [5, 5.41) is 0. The molecule has 0 unspecified atom stereocenters. The van der Waals surface area contributed by atoms with Crippen LogP contribution in [-0.2, 0) is 0 Å². The van der Waals surface area contributed by atoms with Crippen LogP contribution < -0.4 is 5.43 Å². The van der Waals surface area contributed by atoms with Gasteiger partial charge in [-0.3, -0.25) is 0 Å². The number of nitrogens with one attached hydrogen (secondary N) is 1. The molecule has 2 nitrogen and oxygen atoms in total. The highest BCUT2D eigenvalue weighted by Gasteiger charge is 2.39. The lowest BCUT2D eigenvalue weighted by Gasteiger charge is -2.11. The Kier molecular flexibility index (Phi) is 2.06. The Morgan fingerprint density at radius 1 is 1.45 bits per heavy atom. The van der Waals surface area contributed by atoms with Crippen molar-refractivity contribution in [1.82, 2.24) is 9.84 Å². The van der Waals surface area contributed by atoms with E-state index in [2.05, 4.69) is 5.43 Å². The average molecular weight is 184 g/mol. The summed E-state index contributed by atoms with van der Waals surface area (Å²) in [6.07, 6.45) is -4.26. The summed E-state index contributed by atoms with van der Waals surface area (Å²) in [6.45, 7) is 1.43. The minimum Gasteiger partial charge on any atom is -0.304 e. The van der Waals surface area contributed by atoms with Crippen LogP contribution in [0, 0.1) is 0 Å². The summed E-state index contributed by atoms with van der Waals surface area (Å²) in [6, 6.07) is 0. The molecule has 1 heterocycles. The molecule has 1 rings (SSSR count). The van der Waals surface area contributed by atoms with E-state index in [-0.39, 0.29) is 4.91 Å². The molecular formula is C5H7F3N2S. The SMILES string of the molecule is CC1=C(C(F)(F)F)NN(C)S1. The first-order valence-corrected chi connectivity index (χ1v) is 3.65. The van der Waals surface area contributed by atoms with Crippen LogP contribution >= 0.6 is 11.9 Å². The minimum atomic E-state index is -4.26. The second-order valence-corrected chi connectivity index (χ2v) is 3.47. The van der Waals surface area contributed by atoms with E-state index in [0.29, 0.717) is 0 Å². The Bertz CT molecular complexity index is 198. The Morgan fingerprint density at radius 2 is 2.00 bits per heavy atom. The maximum absolute atomic E-state index is 12.0. The second-order valence-electron chi connectivity index (χ2n) is 2.13. The molecule has 1 N–H and O–H groups in total. The molecule has 0 aromatic carbocycles. The van der Waals surface area contributed by atoms with Gasteiger partial charge in [-0.05, 0) is 18.9 Å². The molecule has 0 atom stereocenters. The van der Waals surface area contributed by atoms with E-state index >= 15 is 0 Å². The van der Waals surface area contributed by atoms with Gasteiger partial charge < -0.3 is 5.43 Å². The monoisotopic (exact) mass is 184 g/mol. The zero-order valence-electron chi connectivity index (χ0n) is 5.99. The van der Waals surface area contributed by atoms with Crippen molar-refractivity contribution in [3.8, 4) is 0 Å². The number of hydrogen-bond acceptors (Lipinski definition) is 3. The zero-order chi connectivity index (χ0) is 8.65. The van der Waals surface area contributed by atoms with Crippen LogP contribution in [0.15, 0.2) is 10.6 Å². The van der Waals surface area contributed by atoms with Gasteiger partial charge in [0.15, 0.2) is 0 Å². The number of alkyl halides is 3. The van der Waals surface area contributed by atoms with Gasteiger partial charge in [-0.1, -0.05) is 0 Å². The van der Waals surface area contributed by atoms with E-state index in [9.17, 15) is 13.2 Å². The van der Waals surface area contributed by atoms with Gasteiger partial charge in [-0.2, -0.15) is 17.6 Å². The summed E-state index contributed by atoms with van der Waals surface area (Å²) in [7, 11) is 1.53. The largest absolute Gasteiger partial charge is 0.433 e. The number of hydrazine groups is 1. The van der Waals surface area contributed by atoms with Crippen molar-refractivity contribution < 1.29 is 13.2 Å². The van der Waals surface area contributed by atoms with E-state index < -0.39 is 11.9 Å². The minimum absolute atomic E-state index is 0.250. The fourth-order valence-corrected chi connectivity index (χ4v) is 1.57. The Balaban J connectivity index is 2.80. The lowest BCUT2D eigenvalue weighted by atomic mass is 10.4. The predicted molar refractivity (Wildman–Crippen MR) is 37.2 cm³/mol. The van der Waals surface area contributed by atoms with Crippen LogP contribution in [-0.4, -0.2) is 17.6 Å².